The first-order valence-electron chi connectivity index (χ1n) is 13.3. The number of unbranched alkanes of at least 4 members (excludes halogenated alkanes) is 2. The summed E-state index contributed by atoms with van der Waals surface area (Å²) in [6.07, 6.45) is 8.03. The molecule has 3 atom stereocenters. The molecule has 1 aromatic carbocycles. The molecule has 0 aliphatic rings. The Kier molecular flexibility index (Phi) is 13.4. The summed E-state index contributed by atoms with van der Waals surface area (Å²) < 4.78 is 5.35. The van der Waals surface area contributed by atoms with Gasteiger partial charge in [-0.2, -0.15) is 0 Å². The Morgan fingerprint density at radius 1 is 1.13 bits per heavy atom. The summed E-state index contributed by atoms with van der Waals surface area (Å²) in [7, 11) is 0. The normalized spacial score (nSPS) is 13.4. The maximum Gasteiger partial charge on any atom is 0.408 e. The lowest BCUT2D eigenvalue weighted by atomic mass is 9.95. The minimum absolute atomic E-state index is 0.0536. The lowest BCUT2D eigenvalue weighted by molar-refractivity contribution is -0.145. The van der Waals surface area contributed by atoms with Crippen molar-refractivity contribution in [2.75, 3.05) is 6.54 Å². The van der Waals surface area contributed by atoms with Gasteiger partial charge in [0.1, 0.15) is 17.7 Å². The third-order valence-electron chi connectivity index (χ3n) is 6.01. The van der Waals surface area contributed by atoms with Crippen molar-refractivity contribution in [1.82, 2.24) is 15.5 Å². The number of ether oxygens (including phenoxy) is 1. The van der Waals surface area contributed by atoms with Crippen LogP contribution in [0.15, 0.2) is 24.3 Å². The predicted molar refractivity (Wildman–Crippen MR) is 148 cm³/mol. The van der Waals surface area contributed by atoms with Gasteiger partial charge in [-0.05, 0) is 58.6 Å². The second kappa shape index (κ2) is 15.7. The molecule has 0 heterocycles. The van der Waals surface area contributed by atoms with Gasteiger partial charge in [-0.15, -0.1) is 6.42 Å². The molecule has 0 spiro atoms. The van der Waals surface area contributed by atoms with Crippen LogP contribution in [-0.2, 0) is 19.1 Å². The number of alkyl carbamates (subject to hydrolysis) is 1. The third-order valence-corrected chi connectivity index (χ3v) is 6.01. The Morgan fingerprint density at radius 3 is 2.34 bits per heavy atom. The standard InChI is InChI=1S/C29H44N4O5/c1-8-11-14-19-31-26(35)25(22-16-13-12-15-21(22)10-3)33(20(4)9-2)27(36)23(17-18-24(30)34)32-28(37)38-29(5,6)7/h3,12-13,15-16,20,23,25H,8-9,11,14,17-19H2,1-2,4-7H3,(H2,30,34)(H,31,35)(H,32,37). The molecular weight excluding hydrogens is 484 g/mol. The van der Waals surface area contributed by atoms with E-state index in [0.717, 1.165) is 19.3 Å². The molecule has 9 nitrogen and oxygen atoms in total. The van der Waals surface area contributed by atoms with E-state index in [0.29, 0.717) is 24.1 Å². The van der Waals surface area contributed by atoms with E-state index in [1.807, 2.05) is 13.8 Å². The van der Waals surface area contributed by atoms with E-state index >= 15 is 0 Å². The molecule has 0 aliphatic carbocycles. The minimum atomic E-state index is -1.15. The molecule has 9 heteroatoms. The number of primary amides is 1. The van der Waals surface area contributed by atoms with Gasteiger partial charge in [0.25, 0.3) is 0 Å². The molecule has 0 saturated carbocycles. The zero-order chi connectivity index (χ0) is 28.9. The molecule has 4 N–H and O–H groups in total. The first-order valence-corrected chi connectivity index (χ1v) is 13.3. The van der Waals surface area contributed by atoms with Crippen molar-refractivity contribution in [2.24, 2.45) is 5.73 Å². The zero-order valence-electron chi connectivity index (χ0n) is 23.6. The van der Waals surface area contributed by atoms with Crippen LogP contribution in [0.1, 0.15) is 97.2 Å². The van der Waals surface area contributed by atoms with E-state index < -0.39 is 41.6 Å². The molecule has 0 saturated heterocycles. The second-order valence-electron chi connectivity index (χ2n) is 10.3. The van der Waals surface area contributed by atoms with E-state index in [-0.39, 0.29) is 18.7 Å². The van der Waals surface area contributed by atoms with Crippen LogP contribution in [0.3, 0.4) is 0 Å². The Balaban J connectivity index is 3.56. The fraction of sp³-hybridized carbons (Fsp3) is 0.586. The first-order chi connectivity index (χ1) is 17.9. The van der Waals surface area contributed by atoms with Gasteiger partial charge in [0.2, 0.25) is 17.7 Å². The molecule has 0 fully saturated rings. The summed E-state index contributed by atoms with van der Waals surface area (Å²) >= 11 is 0. The van der Waals surface area contributed by atoms with E-state index in [2.05, 4.69) is 23.5 Å². The molecule has 0 aliphatic heterocycles. The van der Waals surface area contributed by atoms with Crippen LogP contribution in [0.2, 0.25) is 0 Å². The lowest BCUT2D eigenvalue weighted by Gasteiger charge is -2.38. The Hall–Kier alpha value is -3.54. The molecule has 0 aromatic heterocycles. The van der Waals surface area contributed by atoms with Gasteiger partial charge in [0.15, 0.2) is 0 Å². The maximum absolute atomic E-state index is 14.1. The van der Waals surface area contributed by atoms with Crippen molar-refractivity contribution in [2.45, 2.75) is 104 Å². The monoisotopic (exact) mass is 528 g/mol. The molecule has 1 rings (SSSR count). The van der Waals surface area contributed by atoms with E-state index in [1.165, 1.54) is 4.90 Å². The first kappa shape index (κ1) is 32.5. The lowest BCUT2D eigenvalue weighted by Crippen LogP contribution is -2.55. The molecule has 1 aromatic rings. The number of benzene rings is 1. The van der Waals surface area contributed by atoms with Crippen molar-refractivity contribution in [1.29, 1.82) is 0 Å². The minimum Gasteiger partial charge on any atom is -0.444 e. The summed E-state index contributed by atoms with van der Waals surface area (Å²) in [6.45, 7) is 11.3. The quantitative estimate of drug-likeness (QED) is 0.250. The average Bonchev–Trinajstić information content (AvgIpc) is 2.85. The van der Waals surface area contributed by atoms with Crippen LogP contribution in [0.4, 0.5) is 4.79 Å². The molecule has 4 amide bonds. The highest BCUT2D eigenvalue weighted by Crippen LogP contribution is 2.29. The van der Waals surface area contributed by atoms with E-state index in [1.54, 1.807) is 45.0 Å². The van der Waals surface area contributed by atoms with Crippen LogP contribution < -0.4 is 16.4 Å². The predicted octanol–water partition coefficient (Wildman–Crippen LogP) is 3.80. The molecule has 3 unspecified atom stereocenters. The fourth-order valence-electron chi connectivity index (χ4n) is 3.94. The largest absolute Gasteiger partial charge is 0.444 e. The summed E-state index contributed by atoms with van der Waals surface area (Å²) in [4.78, 5) is 53.5. The van der Waals surface area contributed by atoms with Crippen molar-refractivity contribution in [3.05, 3.63) is 35.4 Å². The summed E-state index contributed by atoms with van der Waals surface area (Å²) in [6, 6.07) is 4.36. The number of amides is 4. The second-order valence-corrected chi connectivity index (χ2v) is 10.3. The van der Waals surface area contributed by atoms with Crippen molar-refractivity contribution in [3.8, 4) is 12.3 Å². The number of hydrogen-bond acceptors (Lipinski definition) is 5. The van der Waals surface area contributed by atoms with E-state index in [4.69, 9.17) is 16.9 Å². The van der Waals surface area contributed by atoms with Gasteiger partial charge < -0.3 is 26.0 Å². The average molecular weight is 529 g/mol. The third kappa shape index (κ3) is 10.4. The molecule has 38 heavy (non-hydrogen) atoms. The van der Waals surface area contributed by atoms with Crippen LogP contribution in [-0.4, -0.2) is 52.9 Å². The zero-order valence-corrected chi connectivity index (χ0v) is 23.6. The van der Waals surface area contributed by atoms with Gasteiger partial charge in [0.05, 0.1) is 0 Å². The summed E-state index contributed by atoms with van der Waals surface area (Å²) in [5.74, 6) is 1.09. The van der Waals surface area contributed by atoms with Crippen molar-refractivity contribution in [3.63, 3.8) is 0 Å². The van der Waals surface area contributed by atoms with Crippen molar-refractivity contribution >= 4 is 23.8 Å². The van der Waals surface area contributed by atoms with Gasteiger partial charge in [-0.25, -0.2) is 4.79 Å². The number of terminal acetylenes is 1. The number of nitrogens with zero attached hydrogens (tertiary/aromatic N) is 1. The van der Waals surface area contributed by atoms with Gasteiger partial charge >= 0.3 is 6.09 Å². The molecular formula is C29H44N4O5. The number of hydrogen-bond donors (Lipinski definition) is 3. The highest BCUT2D eigenvalue weighted by Gasteiger charge is 2.39. The molecule has 210 valence electrons. The van der Waals surface area contributed by atoms with Crippen LogP contribution in [0, 0.1) is 12.3 Å². The number of rotatable bonds is 14. The fourth-order valence-corrected chi connectivity index (χ4v) is 3.94. The number of nitrogens with one attached hydrogen (secondary N) is 2. The highest BCUT2D eigenvalue weighted by atomic mass is 16.6. The van der Waals surface area contributed by atoms with Crippen LogP contribution in [0.5, 0.6) is 0 Å². The Bertz CT molecular complexity index is 995. The van der Waals surface area contributed by atoms with Crippen LogP contribution in [0.25, 0.3) is 0 Å². The van der Waals surface area contributed by atoms with Crippen LogP contribution >= 0.6 is 0 Å². The summed E-state index contributed by atoms with van der Waals surface area (Å²) in [5, 5.41) is 5.54. The number of carbonyl (C=O) groups excluding carboxylic acids is 4. The highest BCUT2D eigenvalue weighted by molar-refractivity contribution is 5.93. The van der Waals surface area contributed by atoms with Gasteiger partial charge in [-0.1, -0.05) is 50.8 Å². The topological polar surface area (TPSA) is 131 Å². The van der Waals surface area contributed by atoms with Crippen molar-refractivity contribution < 1.29 is 23.9 Å². The van der Waals surface area contributed by atoms with Gasteiger partial charge in [0, 0.05) is 24.6 Å². The molecule has 0 radical (unpaired) electrons. The van der Waals surface area contributed by atoms with E-state index in [9.17, 15) is 19.2 Å². The molecule has 0 bridgehead atoms. The van der Waals surface area contributed by atoms with Gasteiger partial charge in [-0.3, -0.25) is 14.4 Å². The number of nitrogens with two attached hydrogens (primary N) is 1. The Labute approximate surface area is 227 Å². The SMILES string of the molecule is C#Cc1ccccc1C(C(=O)NCCCCC)N(C(=O)C(CCC(N)=O)NC(=O)OC(C)(C)C)C(C)CC. The maximum atomic E-state index is 14.1. The summed E-state index contributed by atoms with van der Waals surface area (Å²) in [5.41, 5.74) is 5.54. The smallest absolute Gasteiger partial charge is 0.408 e. The Morgan fingerprint density at radius 2 is 1.79 bits per heavy atom. The number of carbonyl (C=O) groups is 4.